The average molecular weight is 244 g/mol. The molecule has 3 N–H and O–H groups in total. The first-order valence-corrected chi connectivity index (χ1v) is 6.21. The summed E-state index contributed by atoms with van der Waals surface area (Å²) in [7, 11) is 0. The van der Waals surface area contributed by atoms with E-state index in [1.807, 2.05) is 0 Å². The highest BCUT2D eigenvalue weighted by atomic mass is 16.4. The number of nitrogens with one attached hydrogen (secondary N) is 2. The summed E-state index contributed by atoms with van der Waals surface area (Å²) in [5.74, 6) is -0.883. The first kappa shape index (κ1) is 15.7. The fourth-order valence-corrected chi connectivity index (χ4v) is 1.27. The summed E-state index contributed by atoms with van der Waals surface area (Å²) in [6.45, 7) is 6.31. The first-order valence-electron chi connectivity index (χ1n) is 6.21. The molecule has 0 aliphatic rings. The lowest BCUT2D eigenvalue weighted by atomic mass is 9.88. The molecule has 0 bridgehead atoms. The van der Waals surface area contributed by atoms with Crippen LogP contribution in [0.5, 0.6) is 0 Å². The zero-order chi connectivity index (χ0) is 13.3. The van der Waals surface area contributed by atoms with E-state index in [9.17, 15) is 9.59 Å². The van der Waals surface area contributed by atoms with Crippen molar-refractivity contribution in [3.63, 3.8) is 0 Å². The Morgan fingerprint density at radius 3 is 2.29 bits per heavy atom. The van der Waals surface area contributed by atoms with Gasteiger partial charge in [-0.2, -0.15) is 0 Å². The zero-order valence-electron chi connectivity index (χ0n) is 11.0. The van der Waals surface area contributed by atoms with Crippen LogP contribution in [0, 0.1) is 5.41 Å². The lowest BCUT2D eigenvalue weighted by molar-refractivity contribution is -0.147. The number of aliphatic carboxylic acids is 1. The lowest BCUT2D eigenvalue weighted by Gasteiger charge is -2.23. The number of urea groups is 1. The molecule has 0 aromatic heterocycles. The van der Waals surface area contributed by atoms with E-state index in [0.29, 0.717) is 13.0 Å². The molecule has 5 nitrogen and oxygen atoms in total. The minimum absolute atomic E-state index is 0.151. The zero-order valence-corrected chi connectivity index (χ0v) is 11.0. The predicted molar refractivity (Wildman–Crippen MR) is 67.0 cm³/mol. The molecule has 0 rings (SSSR count). The second-order valence-electron chi connectivity index (χ2n) is 4.54. The van der Waals surface area contributed by atoms with Crippen LogP contribution in [0.25, 0.3) is 0 Å². The van der Waals surface area contributed by atoms with E-state index in [1.54, 1.807) is 13.8 Å². The summed E-state index contributed by atoms with van der Waals surface area (Å²) in [6, 6.07) is -0.290. The maximum atomic E-state index is 11.4. The minimum atomic E-state index is -0.888. The van der Waals surface area contributed by atoms with Crippen LogP contribution < -0.4 is 10.6 Å². The first-order chi connectivity index (χ1) is 7.96. The number of carbonyl (C=O) groups excluding carboxylic acids is 1. The van der Waals surface area contributed by atoms with E-state index >= 15 is 0 Å². The molecule has 0 aliphatic carbocycles. The number of rotatable bonds is 8. The van der Waals surface area contributed by atoms with Crippen LogP contribution in [-0.2, 0) is 4.79 Å². The van der Waals surface area contributed by atoms with Gasteiger partial charge in [0, 0.05) is 13.1 Å². The number of hydrogen-bond acceptors (Lipinski definition) is 2. The smallest absolute Gasteiger partial charge is 0.314 e. The number of carboxylic acid groups (broad SMARTS) is 1. The molecule has 0 spiro atoms. The molecule has 0 saturated carbocycles. The van der Waals surface area contributed by atoms with Gasteiger partial charge < -0.3 is 15.7 Å². The van der Waals surface area contributed by atoms with Gasteiger partial charge in [0.15, 0.2) is 0 Å². The molecule has 0 radical (unpaired) electrons. The number of amides is 2. The third kappa shape index (κ3) is 6.14. The number of unbranched alkanes of at least 4 members (excludes halogenated alkanes) is 2. The fraction of sp³-hybridized carbons (Fsp3) is 0.833. The number of hydrogen-bond donors (Lipinski definition) is 3. The molecule has 0 aliphatic heterocycles. The largest absolute Gasteiger partial charge is 0.481 e. The van der Waals surface area contributed by atoms with Crippen LogP contribution in [0.3, 0.4) is 0 Å². The van der Waals surface area contributed by atoms with Crippen LogP contribution in [0.1, 0.15) is 46.5 Å². The van der Waals surface area contributed by atoms with Crippen LogP contribution >= 0.6 is 0 Å². The van der Waals surface area contributed by atoms with Gasteiger partial charge in [-0.3, -0.25) is 4.79 Å². The van der Waals surface area contributed by atoms with Crippen LogP contribution in [0.4, 0.5) is 4.79 Å². The third-order valence-electron chi connectivity index (χ3n) is 3.00. The molecule has 1 atom stereocenters. The molecular formula is C12H24N2O3. The van der Waals surface area contributed by atoms with E-state index in [0.717, 1.165) is 19.3 Å². The highest BCUT2D eigenvalue weighted by Crippen LogP contribution is 2.19. The Balaban J connectivity index is 3.86. The molecule has 0 aromatic carbocycles. The van der Waals surface area contributed by atoms with Crippen molar-refractivity contribution in [2.45, 2.75) is 46.5 Å². The fourth-order valence-electron chi connectivity index (χ4n) is 1.27. The van der Waals surface area contributed by atoms with Crippen molar-refractivity contribution in [3.05, 3.63) is 0 Å². The van der Waals surface area contributed by atoms with Gasteiger partial charge in [-0.1, -0.05) is 26.7 Å². The number of carbonyl (C=O) groups is 2. The summed E-state index contributed by atoms with van der Waals surface area (Å²) in [5, 5.41) is 14.3. The van der Waals surface area contributed by atoms with Crippen molar-refractivity contribution in [2.24, 2.45) is 5.41 Å². The Kier molecular flexibility index (Phi) is 7.34. The van der Waals surface area contributed by atoms with Gasteiger partial charge in [0.25, 0.3) is 0 Å². The summed E-state index contributed by atoms with van der Waals surface area (Å²) >= 11 is 0. The standard InChI is InChI=1S/C12H24N2O3/c1-4-6-7-8-13-11(17)14-9-12(3,5-2)10(15)16/h4-9H2,1-3H3,(H,15,16)(H2,13,14,17). The summed E-state index contributed by atoms with van der Waals surface area (Å²) in [5.41, 5.74) is -0.888. The average Bonchev–Trinajstić information content (AvgIpc) is 2.31. The van der Waals surface area contributed by atoms with Gasteiger partial charge in [-0.05, 0) is 19.8 Å². The maximum absolute atomic E-state index is 11.4. The quantitative estimate of drug-likeness (QED) is 0.571. The van der Waals surface area contributed by atoms with E-state index in [2.05, 4.69) is 17.6 Å². The maximum Gasteiger partial charge on any atom is 0.314 e. The van der Waals surface area contributed by atoms with Gasteiger partial charge in [-0.15, -0.1) is 0 Å². The second-order valence-corrected chi connectivity index (χ2v) is 4.54. The van der Waals surface area contributed by atoms with Gasteiger partial charge in [0.1, 0.15) is 0 Å². The Morgan fingerprint density at radius 1 is 1.18 bits per heavy atom. The number of carboxylic acids is 1. The van der Waals surface area contributed by atoms with E-state index in [1.165, 1.54) is 0 Å². The monoisotopic (exact) mass is 244 g/mol. The molecule has 1 unspecified atom stereocenters. The van der Waals surface area contributed by atoms with Gasteiger partial charge in [-0.25, -0.2) is 4.79 Å². The van der Waals surface area contributed by atoms with Gasteiger partial charge in [0.05, 0.1) is 5.41 Å². The Bertz CT molecular complexity index is 256. The van der Waals surface area contributed by atoms with Gasteiger partial charge in [0.2, 0.25) is 0 Å². The minimum Gasteiger partial charge on any atom is -0.481 e. The van der Waals surface area contributed by atoms with E-state index in [4.69, 9.17) is 5.11 Å². The Hall–Kier alpha value is -1.26. The topological polar surface area (TPSA) is 78.4 Å². The van der Waals surface area contributed by atoms with Crippen LogP contribution in [0.15, 0.2) is 0 Å². The lowest BCUT2D eigenvalue weighted by Crippen LogP contribution is -2.44. The van der Waals surface area contributed by atoms with Crippen LogP contribution in [-0.4, -0.2) is 30.2 Å². The highest BCUT2D eigenvalue weighted by Gasteiger charge is 2.31. The molecule has 2 amide bonds. The van der Waals surface area contributed by atoms with E-state index in [-0.39, 0.29) is 12.6 Å². The van der Waals surface area contributed by atoms with Crippen molar-refractivity contribution in [1.82, 2.24) is 10.6 Å². The van der Waals surface area contributed by atoms with Crippen LogP contribution in [0.2, 0.25) is 0 Å². The molecule has 0 aromatic rings. The molecule has 0 heterocycles. The van der Waals surface area contributed by atoms with Gasteiger partial charge >= 0.3 is 12.0 Å². The molecule has 0 saturated heterocycles. The van der Waals surface area contributed by atoms with Crippen molar-refractivity contribution in [1.29, 1.82) is 0 Å². The second kappa shape index (κ2) is 7.92. The van der Waals surface area contributed by atoms with Crippen molar-refractivity contribution in [3.8, 4) is 0 Å². The Morgan fingerprint density at radius 2 is 1.82 bits per heavy atom. The van der Waals surface area contributed by atoms with Crippen molar-refractivity contribution in [2.75, 3.05) is 13.1 Å². The molecule has 100 valence electrons. The molecule has 17 heavy (non-hydrogen) atoms. The van der Waals surface area contributed by atoms with Crippen molar-refractivity contribution < 1.29 is 14.7 Å². The molecular weight excluding hydrogens is 220 g/mol. The summed E-state index contributed by atoms with van der Waals surface area (Å²) in [4.78, 5) is 22.4. The molecule has 0 fully saturated rings. The SMILES string of the molecule is CCCCCNC(=O)NCC(C)(CC)C(=O)O. The predicted octanol–water partition coefficient (Wildman–Crippen LogP) is 1.98. The van der Waals surface area contributed by atoms with E-state index < -0.39 is 11.4 Å². The normalized spacial score (nSPS) is 13.8. The Labute approximate surface area is 103 Å². The molecule has 5 heteroatoms. The highest BCUT2D eigenvalue weighted by molar-refractivity contribution is 5.77. The summed E-state index contributed by atoms with van der Waals surface area (Å²) < 4.78 is 0. The summed E-state index contributed by atoms with van der Waals surface area (Å²) in [6.07, 6.45) is 3.63. The van der Waals surface area contributed by atoms with Crippen molar-refractivity contribution >= 4 is 12.0 Å². The third-order valence-corrected chi connectivity index (χ3v) is 3.00.